The van der Waals surface area contributed by atoms with Crippen LogP contribution in [-0.4, -0.2) is 41.0 Å². The van der Waals surface area contributed by atoms with Crippen molar-refractivity contribution in [1.82, 2.24) is 20.6 Å². The van der Waals surface area contributed by atoms with E-state index in [1.165, 1.54) is 0 Å². The number of aromatic nitrogens is 2. The van der Waals surface area contributed by atoms with E-state index in [-0.39, 0.29) is 12.3 Å². The summed E-state index contributed by atoms with van der Waals surface area (Å²) in [6.45, 7) is 3.94. The third-order valence-electron chi connectivity index (χ3n) is 5.03. The summed E-state index contributed by atoms with van der Waals surface area (Å²) in [5, 5.41) is 15.8. The Labute approximate surface area is 187 Å². The second-order valence-corrected chi connectivity index (χ2v) is 7.98. The SMILES string of the molecule is COc1cccc2[nH]c(C(=O)NC(CC(C)C)C(=O)NC(C#N)Cc3ccccn3)cc12. The normalized spacial score (nSPS) is 12.7. The van der Waals surface area contributed by atoms with Crippen molar-refractivity contribution in [3.8, 4) is 11.8 Å². The Morgan fingerprint density at radius 1 is 1.19 bits per heavy atom. The van der Waals surface area contributed by atoms with Crippen molar-refractivity contribution in [3.05, 3.63) is 60.0 Å². The molecule has 2 atom stereocenters. The maximum absolute atomic E-state index is 13.0. The molecule has 0 spiro atoms. The zero-order valence-electron chi connectivity index (χ0n) is 18.4. The molecule has 2 unspecified atom stereocenters. The third kappa shape index (κ3) is 5.64. The number of aromatic amines is 1. The molecule has 1 aromatic carbocycles. The van der Waals surface area contributed by atoms with Crippen LogP contribution in [0.1, 0.15) is 36.5 Å². The maximum Gasteiger partial charge on any atom is 0.268 e. The van der Waals surface area contributed by atoms with Crippen molar-refractivity contribution >= 4 is 22.7 Å². The highest BCUT2D eigenvalue weighted by atomic mass is 16.5. The van der Waals surface area contributed by atoms with Crippen LogP contribution in [0.5, 0.6) is 5.75 Å². The second kappa shape index (κ2) is 10.4. The van der Waals surface area contributed by atoms with E-state index >= 15 is 0 Å². The Hall–Kier alpha value is -3.86. The van der Waals surface area contributed by atoms with Crippen LogP contribution in [0.2, 0.25) is 0 Å². The number of benzene rings is 1. The van der Waals surface area contributed by atoms with Crippen molar-refractivity contribution in [3.63, 3.8) is 0 Å². The molecule has 2 heterocycles. The molecule has 2 aromatic heterocycles. The number of hydrogen-bond acceptors (Lipinski definition) is 5. The van der Waals surface area contributed by atoms with Crippen molar-refractivity contribution in [1.29, 1.82) is 5.26 Å². The lowest BCUT2D eigenvalue weighted by atomic mass is 10.0. The van der Waals surface area contributed by atoms with Crippen molar-refractivity contribution in [2.24, 2.45) is 5.92 Å². The molecule has 8 heteroatoms. The van der Waals surface area contributed by atoms with Gasteiger partial charge in [0.2, 0.25) is 5.91 Å². The molecular weight excluding hydrogens is 406 g/mol. The van der Waals surface area contributed by atoms with E-state index in [0.29, 0.717) is 23.6 Å². The fourth-order valence-corrected chi connectivity index (χ4v) is 3.50. The summed E-state index contributed by atoms with van der Waals surface area (Å²) >= 11 is 0. The lowest BCUT2D eigenvalue weighted by Gasteiger charge is -2.21. The predicted octanol–water partition coefficient (Wildman–Crippen LogP) is 2.97. The highest BCUT2D eigenvalue weighted by Crippen LogP contribution is 2.26. The molecular formula is C24H27N5O3. The van der Waals surface area contributed by atoms with Gasteiger partial charge in [-0.1, -0.05) is 26.0 Å². The van der Waals surface area contributed by atoms with Crippen LogP contribution in [0, 0.1) is 17.2 Å². The molecule has 8 nitrogen and oxygen atoms in total. The average molecular weight is 434 g/mol. The van der Waals surface area contributed by atoms with E-state index in [1.54, 1.807) is 31.5 Å². The first-order valence-electron chi connectivity index (χ1n) is 10.5. The van der Waals surface area contributed by atoms with Gasteiger partial charge in [-0.15, -0.1) is 0 Å². The number of nitriles is 1. The summed E-state index contributed by atoms with van der Waals surface area (Å²) in [4.78, 5) is 33.1. The Bertz CT molecular complexity index is 1120. The van der Waals surface area contributed by atoms with Gasteiger partial charge in [-0.25, -0.2) is 0 Å². The van der Waals surface area contributed by atoms with Gasteiger partial charge in [-0.2, -0.15) is 5.26 Å². The molecule has 0 bridgehead atoms. The quantitative estimate of drug-likeness (QED) is 0.479. The smallest absolute Gasteiger partial charge is 0.268 e. The topological polar surface area (TPSA) is 120 Å². The highest BCUT2D eigenvalue weighted by Gasteiger charge is 2.25. The zero-order chi connectivity index (χ0) is 23.1. The monoisotopic (exact) mass is 433 g/mol. The van der Waals surface area contributed by atoms with Crippen LogP contribution in [0.15, 0.2) is 48.7 Å². The average Bonchev–Trinajstić information content (AvgIpc) is 3.23. The molecule has 0 fully saturated rings. The molecule has 32 heavy (non-hydrogen) atoms. The third-order valence-corrected chi connectivity index (χ3v) is 5.03. The van der Waals surface area contributed by atoms with Crippen LogP contribution in [0.4, 0.5) is 0 Å². The number of H-pyrrole nitrogens is 1. The zero-order valence-corrected chi connectivity index (χ0v) is 18.4. The fraction of sp³-hybridized carbons (Fsp3) is 0.333. The van der Waals surface area contributed by atoms with E-state index in [9.17, 15) is 14.9 Å². The molecule has 2 amide bonds. The number of pyridine rings is 1. The number of hydrogen-bond donors (Lipinski definition) is 3. The molecule has 166 valence electrons. The van der Waals surface area contributed by atoms with Gasteiger partial charge >= 0.3 is 0 Å². The number of amides is 2. The molecule has 3 rings (SSSR count). The molecule has 0 aliphatic rings. The van der Waals surface area contributed by atoms with E-state index in [4.69, 9.17) is 4.74 Å². The van der Waals surface area contributed by atoms with E-state index in [1.807, 2.05) is 38.1 Å². The molecule has 0 radical (unpaired) electrons. The minimum atomic E-state index is -0.782. The van der Waals surface area contributed by atoms with Gasteiger partial charge in [0.15, 0.2) is 0 Å². The van der Waals surface area contributed by atoms with Crippen LogP contribution in [0.25, 0.3) is 10.9 Å². The van der Waals surface area contributed by atoms with Crippen LogP contribution in [-0.2, 0) is 11.2 Å². The summed E-state index contributed by atoms with van der Waals surface area (Å²) in [6.07, 6.45) is 2.36. The number of carbonyl (C=O) groups is 2. The molecule has 0 aliphatic carbocycles. The van der Waals surface area contributed by atoms with Gasteiger partial charge in [-0.3, -0.25) is 14.6 Å². The summed E-state index contributed by atoms with van der Waals surface area (Å²) in [5.41, 5.74) is 1.80. The van der Waals surface area contributed by atoms with E-state index in [2.05, 4.69) is 26.7 Å². The highest BCUT2D eigenvalue weighted by molar-refractivity contribution is 6.01. The standard InChI is InChI=1S/C24H27N5O3/c1-15(2)11-20(23(30)27-17(14-25)12-16-7-4-5-10-26-16)29-24(31)21-13-18-19(28-21)8-6-9-22(18)32-3/h4-10,13,15,17,20,28H,11-12H2,1-3H3,(H,27,30)(H,29,31). The Kier molecular flexibility index (Phi) is 7.45. The Morgan fingerprint density at radius 3 is 2.66 bits per heavy atom. The second-order valence-electron chi connectivity index (χ2n) is 7.98. The minimum Gasteiger partial charge on any atom is -0.496 e. The first-order valence-corrected chi connectivity index (χ1v) is 10.5. The maximum atomic E-state index is 13.0. The summed E-state index contributed by atoms with van der Waals surface area (Å²) in [6, 6.07) is 13.2. The van der Waals surface area contributed by atoms with Crippen LogP contribution >= 0.6 is 0 Å². The van der Waals surface area contributed by atoms with Gasteiger partial charge in [-0.05, 0) is 42.7 Å². The molecule has 3 N–H and O–H groups in total. The first-order chi connectivity index (χ1) is 15.4. The molecule has 0 aliphatic heterocycles. The minimum absolute atomic E-state index is 0.158. The number of methoxy groups -OCH3 is 1. The van der Waals surface area contributed by atoms with Gasteiger partial charge in [0.05, 0.1) is 13.2 Å². The van der Waals surface area contributed by atoms with Crippen molar-refractivity contribution in [2.45, 2.75) is 38.8 Å². The molecule has 0 saturated carbocycles. The first kappa shape index (κ1) is 22.8. The summed E-state index contributed by atoms with van der Waals surface area (Å²) in [5.74, 6) is 0.0105. The summed E-state index contributed by atoms with van der Waals surface area (Å²) in [7, 11) is 1.57. The van der Waals surface area contributed by atoms with E-state index in [0.717, 1.165) is 10.9 Å². The number of carbonyl (C=O) groups excluding carboxylic acids is 2. The lowest BCUT2D eigenvalue weighted by molar-refractivity contribution is -0.123. The van der Waals surface area contributed by atoms with Gasteiger partial charge in [0.1, 0.15) is 23.5 Å². The van der Waals surface area contributed by atoms with Gasteiger partial charge < -0.3 is 20.4 Å². The van der Waals surface area contributed by atoms with Gasteiger partial charge in [0.25, 0.3) is 5.91 Å². The van der Waals surface area contributed by atoms with Crippen LogP contribution in [0.3, 0.4) is 0 Å². The number of ether oxygens (including phenoxy) is 1. The number of rotatable bonds is 9. The van der Waals surface area contributed by atoms with Crippen LogP contribution < -0.4 is 15.4 Å². The van der Waals surface area contributed by atoms with Gasteiger partial charge in [0, 0.05) is 29.2 Å². The number of nitrogens with one attached hydrogen (secondary N) is 3. The lowest BCUT2D eigenvalue weighted by Crippen LogP contribution is -2.50. The molecule has 0 saturated heterocycles. The van der Waals surface area contributed by atoms with E-state index < -0.39 is 23.9 Å². The summed E-state index contributed by atoms with van der Waals surface area (Å²) < 4.78 is 5.35. The number of nitrogens with zero attached hydrogens (tertiary/aromatic N) is 2. The predicted molar refractivity (Wildman–Crippen MR) is 121 cm³/mol. The largest absolute Gasteiger partial charge is 0.496 e. The Morgan fingerprint density at radius 2 is 2.00 bits per heavy atom. The molecule has 3 aromatic rings. The Balaban J connectivity index is 1.73. The number of fused-ring (bicyclic) bond motifs is 1. The van der Waals surface area contributed by atoms with Crippen molar-refractivity contribution < 1.29 is 14.3 Å². The fourth-order valence-electron chi connectivity index (χ4n) is 3.50. The van der Waals surface area contributed by atoms with Crippen molar-refractivity contribution in [2.75, 3.05) is 7.11 Å².